The number of carboxylic acids is 1. The van der Waals surface area contributed by atoms with Crippen molar-refractivity contribution in [2.45, 2.75) is 38.7 Å². The van der Waals surface area contributed by atoms with Gasteiger partial charge in [-0.15, -0.1) is 0 Å². The van der Waals surface area contributed by atoms with Crippen molar-refractivity contribution in [2.75, 3.05) is 13.1 Å². The van der Waals surface area contributed by atoms with Crippen molar-refractivity contribution in [1.82, 2.24) is 9.47 Å². The molecule has 0 spiro atoms. The van der Waals surface area contributed by atoms with E-state index in [0.717, 1.165) is 16.5 Å². The molecule has 0 radical (unpaired) electrons. The van der Waals surface area contributed by atoms with E-state index < -0.39 is 23.6 Å². The van der Waals surface area contributed by atoms with Crippen molar-refractivity contribution in [3.63, 3.8) is 0 Å². The summed E-state index contributed by atoms with van der Waals surface area (Å²) in [5.74, 6) is -1.66. The van der Waals surface area contributed by atoms with Gasteiger partial charge in [0.25, 0.3) is 0 Å². The molecule has 6 heteroatoms. The van der Waals surface area contributed by atoms with Crippen LogP contribution in [0.1, 0.15) is 38.7 Å². The van der Waals surface area contributed by atoms with Crippen LogP contribution < -0.4 is 0 Å². The van der Waals surface area contributed by atoms with Crippen LogP contribution in [0.25, 0.3) is 10.9 Å². The van der Waals surface area contributed by atoms with Gasteiger partial charge in [0.1, 0.15) is 5.60 Å². The standard InChI is InChI=1S/C20H26N2O4/c1-20(2,3)26-19(25)22-10-9-13(16(12-22)18(23)24)15-11-21(4)17-8-6-5-7-14(15)17/h5-8,11,13,16H,9-10,12H2,1-4H3,(H,23,24)/t13-,16+/m1/s1. The molecule has 1 N–H and O–H groups in total. The highest BCUT2D eigenvalue weighted by Gasteiger charge is 2.39. The molecule has 2 aromatic rings. The largest absolute Gasteiger partial charge is 0.481 e. The Kier molecular flexibility index (Phi) is 4.69. The van der Waals surface area contributed by atoms with Crippen LogP contribution in [0.2, 0.25) is 0 Å². The van der Waals surface area contributed by atoms with Gasteiger partial charge >= 0.3 is 12.1 Å². The molecule has 1 aliphatic heterocycles. The van der Waals surface area contributed by atoms with E-state index in [1.165, 1.54) is 4.90 Å². The van der Waals surface area contributed by atoms with Gasteiger partial charge in [-0.2, -0.15) is 0 Å². The zero-order valence-corrected chi connectivity index (χ0v) is 15.7. The number of fused-ring (bicyclic) bond motifs is 1. The van der Waals surface area contributed by atoms with Crippen molar-refractivity contribution >= 4 is 23.0 Å². The maximum absolute atomic E-state index is 12.3. The first-order valence-electron chi connectivity index (χ1n) is 8.92. The van der Waals surface area contributed by atoms with Crippen molar-refractivity contribution in [2.24, 2.45) is 13.0 Å². The second kappa shape index (κ2) is 6.67. The summed E-state index contributed by atoms with van der Waals surface area (Å²) < 4.78 is 7.44. The lowest BCUT2D eigenvalue weighted by molar-refractivity contribution is -0.144. The van der Waals surface area contributed by atoms with Gasteiger partial charge < -0.3 is 19.3 Å². The predicted octanol–water partition coefficient (Wildman–Crippen LogP) is 3.60. The van der Waals surface area contributed by atoms with Crippen molar-refractivity contribution in [3.8, 4) is 0 Å². The molecule has 26 heavy (non-hydrogen) atoms. The van der Waals surface area contributed by atoms with Crippen LogP contribution in [0.3, 0.4) is 0 Å². The van der Waals surface area contributed by atoms with Crippen LogP contribution in [-0.4, -0.2) is 45.3 Å². The summed E-state index contributed by atoms with van der Waals surface area (Å²) in [5.41, 5.74) is 1.53. The summed E-state index contributed by atoms with van der Waals surface area (Å²) in [6, 6.07) is 8.01. The molecule has 3 rings (SSSR count). The van der Waals surface area contributed by atoms with Gasteiger partial charge in [-0.05, 0) is 38.8 Å². The van der Waals surface area contributed by atoms with Crippen molar-refractivity contribution < 1.29 is 19.4 Å². The van der Waals surface area contributed by atoms with E-state index in [1.54, 1.807) is 0 Å². The number of carbonyl (C=O) groups excluding carboxylic acids is 1. The number of carbonyl (C=O) groups is 2. The third kappa shape index (κ3) is 3.54. The fraction of sp³-hybridized carbons (Fsp3) is 0.500. The number of nitrogens with zero attached hydrogens (tertiary/aromatic N) is 2. The van der Waals surface area contributed by atoms with Crippen LogP contribution in [0.4, 0.5) is 4.79 Å². The predicted molar refractivity (Wildman–Crippen MR) is 99.2 cm³/mol. The average molecular weight is 358 g/mol. The molecule has 0 unspecified atom stereocenters. The quantitative estimate of drug-likeness (QED) is 0.890. The molecule has 0 aliphatic carbocycles. The number of para-hydroxylation sites is 1. The molecule has 0 bridgehead atoms. The molecule has 1 saturated heterocycles. The SMILES string of the molecule is Cn1cc([C@H]2CCN(C(=O)OC(C)(C)C)C[C@@H]2C(=O)O)c2ccccc21. The number of amides is 1. The number of aliphatic carboxylic acids is 1. The lowest BCUT2D eigenvalue weighted by atomic mass is 9.80. The van der Waals surface area contributed by atoms with Crippen LogP contribution in [-0.2, 0) is 16.6 Å². The smallest absolute Gasteiger partial charge is 0.410 e. The van der Waals surface area contributed by atoms with Gasteiger partial charge in [-0.3, -0.25) is 4.79 Å². The van der Waals surface area contributed by atoms with E-state index in [1.807, 2.05) is 62.8 Å². The highest BCUT2D eigenvalue weighted by molar-refractivity contribution is 5.85. The van der Waals surface area contributed by atoms with Gasteiger partial charge in [0.2, 0.25) is 0 Å². The van der Waals surface area contributed by atoms with Crippen LogP contribution in [0, 0.1) is 5.92 Å². The van der Waals surface area contributed by atoms with E-state index in [0.29, 0.717) is 13.0 Å². The Labute approximate surface area is 153 Å². The number of hydrogen-bond donors (Lipinski definition) is 1. The summed E-state index contributed by atoms with van der Waals surface area (Å²) in [6.45, 7) is 6.08. The molecular weight excluding hydrogens is 332 g/mol. The van der Waals surface area contributed by atoms with Crippen LogP contribution >= 0.6 is 0 Å². The molecule has 1 aromatic carbocycles. The number of aromatic nitrogens is 1. The summed E-state index contributed by atoms with van der Waals surface area (Å²) in [5, 5.41) is 10.9. The number of benzene rings is 1. The molecule has 6 nitrogen and oxygen atoms in total. The van der Waals surface area contributed by atoms with Gasteiger partial charge in [-0.25, -0.2) is 4.79 Å². The Hall–Kier alpha value is -2.50. The minimum atomic E-state index is -0.879. The van der Waals surface area contributed by atoms with Crippen LogP contribution in [0.5, 0.6) is 0 Å². The molecule has 2 heterocycles. The van der Waals surface area contributed by atoms with E-state index in [2.05, 4.69) is 0 Å². The lowest BCUT2D eigenvalue weighted by Crippen LogP contribution is -2.47. The summed E-state index contributed by atoms with van der Waals surface area (Å²) in [7, 11) is 1.97. The van der Waals surface area contributed by atoms with E-state index in [4.69, 9.17) is 4.74 Å². The Bertz CT molecular complexity index is 834. The third-order valence-electron chi connectivity index (χ3n) is 4.91. The van der Waals surface area contributed by atoms with Gasteiger partial charge in [0.15, 0.2) is 0 Å². The molecule has 1 amide bonds. The summed E-state index contributed by atoms with van der Waals surface area (Å²) >= 11 is 0. The molecule has 1 aromatic heterocycles. The fourth-order valence-electron chi connectivity index (χ4n) is 3.74. The third-order valence-corrected chi connectivity index (χ3v) is 4.91. The Morgan fingerprint density at radius 3 is 2.58 bits per heavy atom. The number of carboxylic acid groups (broad SMARTS) is 1. The summed E-state index contributed by atoms with van der Waals surface area (Å²) in [4.78, 5) is 25.8. The number of aryl methyl sites for hydroxylation is 1. The maximum Gasteiger partial charge on any atom is 0.410 e. The highest BCUT2D eigenvalue weighted by Crippen LogP contribution is 2.38. The lowest BCUT2D eigenvalue weighted by Gasteiger charge is -2.37. The van der Waals surface area contributed by atoms with Gasteiger partial charge in [-0.1, -0.05) is 18.2 Å². The molecule has 2 atom stereocenters. The van der Waals surface area contributed by atoms with E-state index in [-0.39, 0.29) is 12.5 Å². The average Bonchev–Trinajstić information content (AvgIpc) is 2.90. The first-order chi connectivity index (χ1) is 12.2. The number of rotatable bonds is 2. The topological polar surface area (TPSA) is 71.8 Å². The van der Waals surface area contributed by atoms with Crippen LogP contribution in [0.15, 0.2) is 30.5 Å². The number of piperidine rings is 1. The second-order valence-electron chi connectivity index (χ2n) is 7.98. The number of likely N-dealkylation sites (tertiary alicyclic amines) is 1. The van der Waals surface area contributed by atoms with Gasteiger partial charge in [0, 0.05) is 43.2 Å². The van der Waals surface area contributed by atoms with E-state index in [9.17, 15) is 14.7 Å². The molecule has 0 saturated carbocycles. The Morgan fingerprint density at radius 2 is 1.92 bits per heavy atom. The fourth-order valence-corrected chi connectivity index (χ4v) is 3.74. The number of hydrogen-bond acceptors (Lipinski definition) is 3. The minimum Gasteiger partial charge on any atom is -0.481 e. The van der Waals surface area contributed by atoms with Crippen molar-refractivity contribution in [1.29, 1.82) is 0 Å². The molecular formula is C20H26N2O4. The molecule has 140 valence electrons. The summed E-state index contributed by atoms with van der Waals surface area (Å²) in [6.07, 6.45) is 2.18. The first kappa shape index (κ1) is 18.3. The highest BCUT2D eigenvalue weighted by atomic mass is 16.6. The molecule has 1 fully saturated rings. The normalized spacial score (nSPS) is 21.0. The first-order valence-corrected chi connectivity index (χ1v) is 8.92. The second-order valence-corrected chi connectivity index (χ2v) is 7.98. The Morgan fingerprint density at radius 1 is 1.23 bits per heavy atom. The minimum absolute atomic E-state index is 0.128. The zero-order chi connectivity index (χ0) is 19.1. The Balaban J connectivity index is 1.88. The monoisotopic (exact) mass is 358 g/mol. The zero-order valence-electron chi connectivity index (χ0n) is 15.7. The number of ether oxygens (including phenoxy) is 1. The van der Waals surface area contributed by atoms with Gasteiger partial charge in [0.05, 0.1) is 5.92 Å². The van der Waals surface area contributed by atoms with E-state index >= 15 is 0 Å². The van der Waals surface area contributed by atoms with Crippen molar-refractivity contribution in [3.05, 3.63) is 36.0 Å². The maximum atomic E-state index is 12.3. The molecule has 1 aliphatic rings.